The highest BCUT2D eigenvalue weighted by atomic mass is 16.2. The molecule has 0 spiro atoms. The van der Waals surface area contributed by atoms with Gasteiger partial charge in [0.1, 0.15) is 0 Å². The number of urea groups is 1. The fourth-order valence-electron chi connectivity index (χ4n) is 1.06. The van der Waals surface area contributed by atoms with Gasteiger partial charge >= 0.3 is 6.03 Å². The number of imide groups is 1. The van der Waals surface area contributed by atoms with Crippen molar-refractivity contribution >= 4 is 11.9 Å². The van der Waals surface area contributed by atoms with E-state index >= 15 is 0 Å². The highest BCUT2D eigenvalue weighted by Gasteiger charge is 2.13. The summed E-state index contributed by atoms with van der Waals surface area (Å²) in [5.74, 6) is -0.383. The second-order valence-electron chi connectivity index (χ2n) is 3.13. The Kier molecular flexibility index (Phi) is 3.85. The molecular formula is C11H13N2O2. The Hall–Kier alpha value is -1.84. The number of amides is 3. The Bertz CT molecular complexity index is 349. The lowest BCUT2D eigenvalue weighted by Crippen LogP contribution is -2.37. The molecule has 0 aromatic heterocycles. The van der Waals surface area contributed by atoms with Crippen molar-refractivity contribution in [1.82, 2.24) is 4.90 Å². The summed E-state index contributed by atoms with van der Waals surface area (Å²) in [5.41, 5.74) is 5.97. The van der Waals surface area contributed by atoms with Gasteiger partial charge in [-0.05, 0) is 12.0 Å². The molecule has 3 amide bonds. The van der Waals surface area contributed by atoms with Crippen molar-refractivity contribution in [3.05, 3.63) is 42.3 Å². The predicted octanol–water partition coefficient (Wildman–Crippen LogP) is 0.970. The van der Waals surface area contributed by atoms with Gasteiger partial charge in [-0.2, -0.15) is 0 Å². The van der Waals surface area contributed by atoms with Gasteiger partial charge in [0.2, 0.25) is 5.91 Å². The molecule has 1 rings (SSSR count). The first kappa shape index (κ1) is 11.2. The average molecular weight is 205 g/mol. The van der Waals surface area contributed by atoms with E-state index in [-0.39, 0.29) is 5.91 Å². The summed E-state index contributed by atoms with van der Waals surface area (Å²) in [5, 5.41) is 0. The molecule has 2 N–H and O–H groups in total. The first-order valence-electron chi connectivity index (χ1n) is 4.55. The quantitative estimate of drug-likeness (QED) is 0.799. The van der Waals surface area contributed by atoms with Crippen LogP contribution in [0.2, 0.25) is 0 Å². The molecule has 0 bridgehead atoms. The zero-order chi connectivity index (χ0) is 11.3. The molecule has 1 radical (unpaired) electrons. The van der Waals surface area contributed by atoms with Crippen LogP contribution < -0.4 is 5.73 Å². The third-order valence-electron chi connectivity index (χ3n) is 2.02. The van der Waals surface area contributed by atoms with Crippen LogP contribution in [0.1, 0.15) is 5.56 Å². The van der Waals surface area contributed by atoms with E-state index in [1.165, 1.54) is 13.5 Å². The van der Waals surface area contributed by atoms with Crippen molar-refractivity contribution < 1.29 is 9.59 Å². The topological polar surface area (TPSA) is 63.4 Å². The molecule has 0 aliphatic heterocycles. The highest BCUT2D eigenvalue weighted by Crippen LogP contribution is 2.02. The molecule has 0 aliphatic rings. The number of primary amides is 1. The van der Waals surface area contributed by atoms with E-state index in [2.05, 4.69) is 0 Å². The third-order valence-corrected chi connectivity index (χ3v) is 2.02. The number of hydrogen-bond acceptors (Lipinski definition) is 2. The van der Waals surface area contributed by atoms with Crippen LogP contribution in [0.3, 0.4) is 0 Å². The van der Waals surface area contributed by atoms with Crippen LogP contribution in [-0.2, 0) is 11.2 Å². The first-order valence-corrected chi connectivity index (χ1v) is 4.55. The molecule has 15 heavy (non-hydrogen) atoms. The van der Waals surface area contributed by atoms with Gasteiger partial charge in [0.15, 0.2) is 0 Å². The zero-order valence-electron chi connectivity index (χ0n) is 8.51. The molecule has 4 heteroatoms. The van der Waals surface area contributed by atoms with E-state index in [1.807, 2.05) is 30.3 Å². The van der Waals surface area contributed by atoms with Crippen LogP contribution in [0.25, 0.3) is 0 Å². The maximum Gasteiger partial charge on any atom is 0.321 e. The minimum atomic E-state index is -0.746. The molecule has 0 saturated carbocycles. The first-order chi connectivity index (χ1) is 7.11. The van der Waals surface area contributed by atoms with Gasteiger partial charge in [-0.15, -0.1) is 0 Å². The van der Waals surface area contributed by atoms with E-state index < -0.39 is 6.03 Å². The van der Waals surface area contributed by atoms with Crippen molar-refractivity contribution in [3.63, 3.8) is 0 Å². The largest absolute Gasteiger partial charge is 0.351 e. The predicted molar refractivity (Wildman–Crippen MR) is 56.8 cm³/mol. The van der Waals surface area contributed by atoms with Crippen molar-refractivity contribution in [2.45, 2.75) is 6.42 Å². The van der Waals surface area contributed by atoms with Crippen molar-refractivity contribution in [3.8, 4) is 0 Å². The van der Waals surface area contributed by atoms with Crippen molar-refractivity contribution in [2.24, 2.45) is 5.73 Å². The lowest BCUT2D eigenvalue weighted by molar-refractivity contribution is -0.123. The maximum absolute atomic E-state index is 11.3. The van der Waals surface area contributed by atoms with Crippen molar-refractivity contribution in [2.75, 3.05) is 7.05 Å². The van der Waals surface area contributed by atoms with E-state index in [4.69, 9.17) is 5.73 Å². The number of nitrogens with zero attached hydrogens (tertiary/aromatic N) is 1. The van der Waals surface area contributed by atoms with Crippen LogP contribution in [0, 0.1) is 6.42 Å². The second-order valence-corrected chi connectivity index (χ2v) is 3.13. The van der Waals surface area contributed by atoms with E-state index in [1.54, 1.807) is 0 Å². The molecule has 4 nitrogen and oxygen atoms in total. The van der Waals surface area contributed by atoms with Gasteiger partial charge in [-0.25, -0.2) is 4.79 Å². The number of rotatable bonds is 3. The highest BCUT2D eigenvalue weighted by molar-refractivity contribution is 5.97. The van der Waals surface area contributed by atoms with Crippen LogP contribution >= 0.6 is 0 Å². The molecule has 0 unspecified atom stereocenters. The SMILES string of the molecule is CN(C(N)=O)C(=O)[CH]Cc1ccccc1. The van der Waals surface area contributed by atoms with Crippen LogP contribution in [-0.4, -0.2) is 23.9 Å². The van der Waals surface area contributed by atoms with E-state index in [0.29, 0.717) is 6.42 Å². The molecular weight excluding hydrogens is 192 g/mol. The van der Waals surface area contributed by atoms with Gasteiger partial charge in [0, 0.05) is 7.05 Å². The standard InChI is InChI=1S/C11H13N2O2/c1-13(11(12)15)10(14)8-7-9-5-3-2-4-6-9/h2-6,8H,7H2,1H3,(H2,12,15). The number of carbonyl (C=O) groups is 2. The van der Waals surface area contributed by atoms with Crippen LogP contribution in [0.4, 0.5) is 4.79 Å². The maximum atomic E-state index is 11.3. The Morgan fingerprint density at radius 3 is 2.47 bits per heavy atom. The van der Waals surface area contributed by atoms with Gasteiger partial charge in [0.25, 0.3) is 0 Å². The Morgan fingerprint density at radius 1 is 1.33 bits per heavy atom. The van der Waals surface area contributed by atoms with Gasteiger partial charge in [-0.3, -0.25) is 9.69 Å². The third kappa shape index (κ3) is 3.42. The Labute approximate surface area is 88.7 Å². The molecule has 0 atom stereocenters. The zero-order valence-corrected chi connectivity index (χ0v) is 8.51. The van der Waals surface area contributed by atoms with Gasteiger partial charge in [0.05, 0.1) is 6.42 Å². The molecule has 79 valence electrons. The smallest absolute Gasteiger partial charge is 0.321 e. The second kappa shape index (κ2) is 5.14. The minimum absolute atomic E-state index is 0.383. The Morgan fingerprint density at radius 2 is 1.93 bits per heavy atom. The number of nitrogens with two attached hydrogens (primary N) is 1. The van der Waals surface area contributed by atoms with Gasteiger partial charge < -0.3 is 5.73 Å². The number of benzene rings is 1. The normalized spacial score (nSPS) is 9.67. The van der Waals surface area contributed by atoms with Crippen LogP contribution in [0.5, 0.6) is 0 Å². The summed E-state index contributed by atoms with van der Waals surface area (Å²) >= 11 is 0. The summed E-state index contributed by atoms with van der Waals surface area (Å²) in [7, 11) is 1.35. The molecule has 0 fully saturated rings. The van der Waals surface area contributed by atoms with Gasteiger partial charge in [-0.1, -0.05) is 30.3 Å². The molecule has 1 aromatic rings. The molecule has 0 heterocycles. The number of carbonyl (C=O) groups excluding carboxylic acids is 2. The Balaban J connectivity index is 2.44. The summed E-state index contributed by atoms with van der Waals surface area (Å²) in [6, 6.07) is 8.77. The molecule has 0 saturated heterocycles. The lowest BCUT2D eigenvalue weighted by atomic mass is 10.1. The molecule has 1 aromatic carbocycles. The summed E-state index contributed by atoms with van der Waals surface area (Å²) in [4.78, 5) is 22.9. The summed E-state index contributed by atoms with van der Waals surface area (Å²) in [6.07, 6.45) is 1.93. The van der Waals surface area contributed by atoms with Crippen molar-refractivity contribution in [1.29, 1.82) is 0 Å². The fraction of sp³-hybridized carbons (Fsp3) is 0.182. The number of hydrogen-bond donors (Lipinski definition) is 1. The van der Waals surface area contributed by atoms with E-state index in [9.17, 15) is 9.59 Å². The fourth-order valence-corrected chi connectivity index (χ4v) is 1.06. The van der Waals surface area contributed by atoms with Crippen LogP contribution in [0.15, 0.2) is 30.3 Å². The minimum Gasteiger partial charge on any atom is -0.351 e. The van der Waals surface area contributed by atoms with E-state index in [0.717, 1.165) is 10.5 Å². The summed E-state index contributed by atoms with van der Waals surface area (Å²) in [6.45, 7) is 0. The summed E-state index contributed by atoms with van der Waals surface area (Å²) < 4.78 is 0. The monoisotopic (exact) mass is 205 g/mol. The lowest BCUT2D eigenvalue weighted by Gasteiger charge is -2.11. The average Bonchev–Trinajstić information content (AvgIpc) is 2.26. The molecule has 0 aliphatic carbocycles.